The first-order valence-corrected chi connectivity index (χ1v) is 11.3. The van der Waals surface area contributed by atoms with Gasteiger partial charge in [-0.25, -0.2) is 9.78 Å². The minimum Gasteiger partial charge on any atom is -0.458 e. The van der Waals surface area contributed by atoms with Gasteiger partial charge in [0.1, 0.15) is 17.4 Å². The third-order valence-corrected chi connectivity index (χ3v) is 6.49. The molecule has 0 saturated carbocycles. The number of thiazole rings is 1. The van der Waals surface area contributed by atoms with Crippen LogP contribution in [0.5, 0.6) is 5.88 Å². The monoisotopic (exact) mass is 439 g/mol. The summed E-state index contributed by atoms with van der Waals surface area (Å²) in [6.07, 6.45) is 2.03. The lowest BCUT2D eigenvalue weighted by Crippen LogP contribution is -2.14. The van der Waals surface area contributed by atoms with Crippen LogP contribution in [-0.4, -0.2) is 11.0 Å². The average Bonchev–Trinajstić information content (AvgIpc) is 3.28. The molecule has 1 aliphatic heterocycles. The molecule has 0 saturated heterocycles. The summed E-state index contributed by atoms with van der Waals surface area (Å²) < 4.78 is 11.5. The first-order chi connectivity index (χ1) is 15.8. The third kappa shape index (κ3) is 4.48. The zero-order valence-electron chi connectivity index (χ0n) is 17.3. The van der Waals surface area contributed by atoms with Crippen molar-refractivity contribution in [3.63, 3.8) is 0 Å². The first kappa shape index (κ1) is 20.2. The van der Waals surface area contributed by atoms with Gasteiger partial charge in [0.25, 0.3) is 0 Å². The number of hydrogen-bond donors (Lipinski definition) is 0. The maximum Gasteiger partial charge on any atom is 0.334 e. The highest BCUT2D eigenvalue weighted by Gasteiger charge is 2.31. The number of hydrogen-bond acceptors (Lipinski definition) is 5. The van der Waals surface area contributed by atoms with Gasteiger partial charge in [0, 0.05) is 17.9 Å². The van der Waals surface area contributed by atoms with Crippen LogP contribution in [0.3, 0.4) is 0 Å². The number of allylic oxidation sites excluding steroid dienone is 1. The van der Waals surface area contributed by atoms with E-state index in [1.54, 1.807) is 11.3 Å². The van der Waals surface area contributed by atoms with E-state index in [4.69, 9.17) is 14.5 Å². The van der Waals surface area contributed by atoms with Crippen molar-refractivity contribution in [2.24, 2.45) is 0 Å². The molecule has 0 amide bonds. The van der Waals surface area contributed by atoms with Gasteiger partial charge in [-0.05, 0) is 11.1 Å². The van der Waals surface area contributed by atoms with Gasteiger partial charge in [-0.3, -0.25) is 0 Å². The molecular weight excluding hydrogens is 418 g/mol. The summed E-state index contributed by atoms with van der Waals surface area (Å²) in [4.78, 5) is 18.3. The van der Waals surface area contributed by atoms with Gasteiger partial charge < -0.3 is 9.47 Å². The van der Waals surface area contributed by atoms with Crippen molar-refractivity contribution in [2.75, 3.05) is 0 Å². The Morgan fingerprint density at radius 3 is 2.34 bits per heavy atom. The highest BCUT2D eigenvalue weighted by atomic mass is 32.1. The van der Waals surface area contributed by atoms with Crippen LogP contribution < -0.4 is 4.74 Å². The fourth-order valence-corrected chi connectivity index (χ4v) is 4.85. The van der Waals surface area contributed by atoms with Gasteiger partial charge in [0.05, 0.1) is 11.0 Å². The Kier molecular flexibility index (Phi) is 5.81. The number of ether oxygens (including phenoxy) is 2. The topological polar surface area (TPSA) is 48.4 Å². The minimum atomic E-state index is -0.419. The lowest BCUT2D eigenvalue weighted by Gasteiger charge is -2.23. The molecule has 32 heavy (non-hydrogen) atoms. The molecule has 1 aliphatic rings. The highest BCUT2D eigenvalue weighted by molar-refractivity contribution is 7.15. The molecule has 0 bridgehead atoms. The summed E-state index contributed by atoms with van der Waals surface area (Å²) in [6, 6.07) is 30.0. The number of carbonyl (C=O) groups is 1. The second-order valence-electron chi connectivity index (χ2n) is 7.53. The molecular formula is C27H21NO3S. The molecule has 158 valence electrons. The Morgan fingerprint density at radius 2 is 1.62 bits per heavy atom. The van der Waals surface area contributed by atoms with E-state index in [-0.39, 0.29) is 12.5 Å². The zero-order valence-corrected chi connectivity index (χ0v) is 18.1. The van der Waals surface area contributed by atoms with Crippen molar-refractivity contribution in [3.8, 4) is 16.5 Å². The quantitative estimate of drug-likeness (QED) is 0.268. The molecule has 1 aromatic heterocycles. The summed E-state index contributed by atoms with van der Waals surface area (Å²) in [5, 5.41) is 0.907. The first-order valence-electron chi connectivity index (χ1n) is 10.5. The van der Waals surface area contributed by atoms with Crippen LogP contribution in [0.15, 0.2) is 103 Å². The second kappa shape index (κ2) is 9.20. The van der Waals surface area contributed by atoms with Crippen molar-refractivity contribution in [3.05, 3.63) is 119 Å². The predicted molar refractivity (Wildman–Crippen MR) is 125 cm³/mol. The molecule has 1 atom stereocenters. The Morgan fingerprint density at radius 1 is 0.969 bits per heavy atom. The van der Waals surface area contributed by atoms with Crippen LogP contribution in [0.1, 0.15) is 28.3 Å². The SMILES string of the molecule is O=C(/C=C1\C[C@H](c2ccccc2)c2sc(-c3ccccc3)nc2O1)OCc1ccccc1. The largest absolute Gasteiger partial charge is 0.458 e. The summed E-state index contributed by atoms with van der Waals surface area (Å²) in [7, 11) is 0. The summed E-state index contributed by atoms with van der Waals surface area (Å²) in [5.74, 6) is 0.783. The number of rotatable bonds is 5. The lowest BCUT2D eigenvalue weighted by molar-refractivity contribution is -0.139. The van der Waals surface area contributed by atoms with E-state index in [0.29, 0.717) is 18.1 Å². The lowest BCUT2D eigenvalue weighted by atomic mass is 9.92. The van der Waals surface area contributed by atoms with Gasteiger partial charge in [0.15, 0.2) is 0 Å². The fourth-order valence-electron chi connectivity index (χ4n) is 3.72. The van der Waals surface area contributed by atoms with Crippen molar-refractivity contribution < 1.29 is 14.3 Å². The number of fused-ring (bicyclic) bond motifs is 1. The summed E-state index contributed by atoms with van der Waals surface area (Å²) in [6.45, 7) is 0.228. The maximum absolute atomic E-state index is 12.5. The van der Waals surface area contributed by atoms with Gasteiger partial charge in [-0.1, -0.05) is 91.0 Å². The van der Waals surface area contributed by atoms with Gasteiger partial charge in [0.2, 0.25) is 5.88 Å². The molecule has 5 heteroatoms. The molecule has 0 unspecified atom stereocenters. The molecule has 4 aromatic rings. The van der Waals surface area contributed by atoms with E-state index < -0.39 is 5.97 Å². The van der Waals surface area contributed by atoms with Crippen molar-refractivity contribution in [1.29, 1.82) is 0 Å². The smallest absolute Gasteiger partial charge is 0.334 e. The second-order valence-corrected chi connectivity index (χ2v) is 8.56. The van der Waals surface area contributed by atoms with Crippen LogP contribution in [0.4, 0.5) is 0 Å². The minimum absolute atomic E-state index is 0.0723. The predicted octanol–water partition coefficient (Wildman–Crippen LogP) is 6.35. The van der Waals surface area contributed by atoms with Crippen molar-refractivity contribution >= 4 is 17.3 Å². The Hall–Kier alpha value is -3.70. The van der Waals surface area contributed by atoms with E-state index >= 15 is 0 Å². The van der Waals surface area contributed by atoms with Crippen LogP contribution in [-0.2, 0) is 16.1 Å². The zero-order chi connectivity index (χ0) is 21.8. The number of benzene rings is 3. The number of nitrogens with zero attached hydrogens (tertiary/aromatic N) is 1. The molecule has 4 nitrogen and oxygen atoms in total. The van der Waals surface area contributed by atoms with Gasteiger partial charge in [-0.15, -0.1) is 11.3 Å². The van der Waals surface area contributed by atoms with E-state index in [1.165, 1.54) is 11.6 Å². The maximum atomic E-state index is 12.5. The Balaban J connectivity index is 1.42. The molecule has 0 fully saturated rings. The number of carbonyl (C=O) groups excluding carboxylic acids is 1. The number of esters is 1. The van der Waals surface area contributed by atoms with E-state index in [1.807, 2.05) is 78.9 Å². The van der Waals surface area contributed by atoms with Crippen molar-refractivity contribution in [2.45, 2.75) is 18.9 Å². The molecule has 3 aromatic carbocycles. The molecule has 0 spiro atoms. The molecule has 0 radical (unpaired) electrons. The van der Waals surface area contributed by atoms with Gasteiger partial charge >= 0.3 is 5.97 Å². The van der Waals surface area contributed by atoms with E-state index in [9.17, 15) is 4.79 Å². The van der Waals surface area contributed by atoms with Crippen LogP contribution in [0.2, 0.25) is 0 Å². The highest BCUT2D eigenvalue weighted by Crippen LogP contribution is 2.46. The van der Waals surface area contributed by atoms with Crippen molar-refractivity contribution in [1.82, 2.24) is 4.98 Å². The Labute approximate surface area is 190 Å². The molecule has 0 aliphatic carbocycles. The summed E-state index contributed by atoms with van der Waals surface area (Å²) in [5.41, 5.74) is 3.17. The van der Waals surface area contributed by atoms with E-state index in [0.717, 1.165) is 21.0 Å². The average molecular weight is 440 g/mol. The molecule has 5 rings (SSSR count). The Bertz CT molecular complexity index is 1230. The van der Waals surface area contributed by atoms with Crippen LogP contribution in [0.25, 0.3) is 10.6 Å². The van der Waals surface area contributed by atoms with Crippen LogP contribution >= 0.6 is 11.3 Å². The van der Waals surface area contributed by atoms with Gasteiger partial charge in [-0.2, -0.15) is 0 Å². The fraction of sp³-hybridized carbons (Fsp3) is 0.111. The third-order valence-electron chi connectivity index (χ3n) is 5.30. The van der Waals surface area contributed by atoms with Crippen LogP contribution in [0, 0.1) is 0 Å². The molecule has 0 N–H and O–H groups in total. The molecule has 2 heterocycles. The van der Waals surface area contributed by atoms with E-state index in [2.05, 4.69) is 12.1 Å². The number of aromatic nitrogens is 1. The summed E-state index contributed by atoms with van der Waals surface area (Å²) >= 11 is 1.64. The normalized spacial score (nSPS) is 16.2. The standard InChI is InChI=1S/C27H21NO3S/c29-24(30-18-19-10-4-1-5-11-19)17-22-16-23(20-12-6-2-7-13-20)25-26(31-22)28-27(32-25)21-14-8-3-9-15-21/h1-15,17,23H,16,18H2/b22-17+/t23-/m1/s1.